The Bertz CT molecular complexity index is 551. The van der Waals surface area contributed by atoms with Crippen LogP contribution >= 0.6 is 0 Å². The summed E-state index contributed by atoms with van der Waals surface area (Å²) in [5, 5.41) is 10.8. The van der Waals surface area contributed by atoms with Crippen molar-refractivity contribution in [2.75, 3.05) is 7.11 Å². The summed E-state index contributed by atoms with van der Waals surface area (Å²) >= 11 is 0. The van der Waals surface area contributed by atoms with Crippen LogP contribution in [0.25, 0.3) is 0 Å². The van der Waals surface area contributed by atoms with Crippen molar-refractivity contribution in [1.82, 2.24) is 0 Å². The molecule has 0 saturated heterocycles. The molecule has 100 valence electrons. The van der Waals surface area contributed by atoms with Gasteiger partial charge in [-0.05, 0) is 13.0 Å². The van der Waals surface area contributed by atoms with E-state index in [2.05, 4.69) is 4.74 Å². The summed E-state index contributed by atoms with van der Waals surface area (Å²) in [6, 6.07) is 5.12. The van der Waals surface area contributed by atoms with E-state index in [0.717, 1.165) is 20.1 Å². The fraction of sp³-hybridized carbons (Fsp3) is 0.250. The van der Waals surface area contributed by atoms with Crippen molar-refractivity contribution in [1.29, 1.82) is 0 Å². The zero-order chi connectivity index (χ0) is 14.6. The molecule has 7 heteroatoms. The number of ketones is 2. The maximum absolute atomic E-state index is 12.1. The molecule has 0 aromatic heterocycles. The Balaban J connectivity index is 3.28. The number of methoxy groups -OCH3 is 1. The standard InChI is InChI=1S/C12H11NO6/c1-7(14)10(12(16)19-2)11(15)8-5-3-4-6-9(8)13(17)18/h3-6,10H,1-2H3/t10-/m1/s1. The average molecular weight is 265 g/mol. The summed E-state index contributed by atoms with van der Waals surface area (Å²) in [4.78, 5) is 44.9. The number of hydrogen-bond donors (Lipinski definition) is 0. The van der Waals surface area contributed by atoms with E-state index in [1.807, 2.05) is 0 Å². The van der Waals surface area contributed by atoms with E-state index in [-0.39, 0.29) is 5.56 Å². The molecule has 1 atom stereocenters. The van der Waals surface area contributed by atoms with E-state index in [4.69, 9.17) is 0 Å². The minimum absolute atomic E-state index is 0.293. The van der Waals surface area contributed by atoms with Gasteiger partial charge in [-0.15, -0.1) is 0 Å². The van der Waals surface area contributed by atoms with Gasteiger partial charge in [0.15, 0.2) is 17.5 Å². The number of para-hydroxylation sites is 1. The van der Waals surface area contributed by atoms with Gasteiger partial charge in [0.25, 0.3) is 5.69 Å². The molecule has 0 radical (unpaired) electrons. The molecule has 1 aromatic rings. The first-order valence-electron chi connectivity index (χ1n) is 5.26. The van der Waals surface area contributed by atoms with Crippen molar-refractivity contribution in [2.24, 2.45) is 5.92 Å². The number of esters is 1. The Morgan fingerprint density at radius 2 is 1.84 bits per heavy atom. The molecule has 7 nitrogen and oxygen atoms in total. The van der Waals surface area contributed by atoms with Gasteiger partial charge in [-0.2, -0.15) is 0 Å². The molecule has 0 aliphatic rings. The monoisotopic (exact) mass is 265 g/mol. The van der Waals surface area contributed by atoms with E-state index in [1.54, 1.807) is 0 Å². The van der Waals surface area contributed by atoms with E-state index in [1.165, 1.54) is 18.2 Å². The second-order valence-corrected chi connectivity index (χ2v) is 3.71. The molecular formula is C12H11NO6. The van der Waals surface area contributed by atoms with Crippen LogP contribution in [0.4, 0.5) is 5.69 Å². The normalized spacial score (nSPS) is 11.5. The molecule has 0 aliphatic carbocycles. The van der Waals surface area contributed by atoms with Gasteiger partial charge in [0.2, 0.25) is 0 Å². The minimum atomic E-state index is -1.67. The first-order valence-corrected chi connectivity index (χ1v) is 5.26. The third-order valence-corrected chi connectivity index (χ3v) is 2.47. The van der Waals surface area contributed by atoms with Gasteiger partial charge >= 0.3 is 5.97 Å². The Labute approximate surface area is 108 Å². The number of nitrogens with zero attached hydrogens (tertiary/aromatic N) is 1. The highest BCUT2D eigenvalue weighted by Gasteiger charge is 2.36. The maximum atomic E-state index is 12.1. The molecule has 0 bridgehead atoms. The summed E-state index contributed by atoms with van der Waals surface area (Å²) < 4.78 is 4.37. The lowest BCUT2D eigenvalue weighted by Crippen LogP contribution is -2.31. The van der Waals surface area contributed by atoms with Crippen LogP contribution in [0.2, 0.25) is 0 Å². The largest absolute Gasteiger partial charge is 0.468 e. The number of Topliss-reactive ketones (excluding diaryl/α,β-unsaturated/α-hetero) is 2. The maximum Gasteiger partial charge on any atom is 0.324 e. The van der Waals surface area contributed by atoms with Gasteiger partial charge in [0.1, 0.15) is 0 Å². The lowest BCUT2D eigenvalue weighted by Gasteiger charge is -2.10. The fourth-order valence-corrected chi connectivity index (χ4v) is 1.57. The number of rotatable bonds is 5. The topological polar surface area (TPSA) is 104 Å². The highest BCUT2D eigenvalue weighted by Crippen LogP contribution is 2.22. The molecule has 0 unspecified atom stereocenters. The second kappa shape index (κ2) is 5.85. The Morgan fingerprint density at radius 3 is 2.32 bits per heavy atom. The van der Waals surface area contributed by atoms with Crippen molar-refractivity contribution in [3.63, 3.8) is 0 Å². The first kappa shape index (κ1) is 14.5. The van der Waals surface area contributed by atoms with Crippen LogP contribution in [0.1, 0.15) is 17.3 Å². The number of carbonyl (C=O) groups is 3. The molecule has 0 N–H and O–H groups in total. The van der Waals surface area contributed by atoms with Crippen LogP contribution in [0.5, 0.6) is 0 Å². The highest BCUT2D eigenvalue weighted by molar-refractivity contribution is 6.23. The van der Waals surface area contributed by atoms with Gasteiger partial charge in [0.05, 0.1) is 17.6 Å². The predicted octanol–water partition coefficient (Wildman–Crippen LogP) is 1.16. The zero-order valence-corrected chi connectivity index (χ0v) is 10.3. The van der Waals surface area contributed by atoms with E-state index in [0.29, 0.717) is 0 Å². The van der Waals surface area contributed by atoms with Crippen molar-refractivity contribution in [2.45, 2.75) is 6.92 Å². The van der Waals surface area contributed by atoms with E-state index >= 15 is 0 Å². The highest BCUT2D eigenvalue weighted by atomic mass is 16.6. The van der Waals surface area contributed by atoms with E-state index in [9.17, 15) is 24.5 Å². The number of hydrogen-bond acceptors (Lipinski definition) is 6. The van der Waals surface area contributed by atoms with E-state index < -0.39 is 34.1 Å². The summed E-state index contributed by atoms with van der Waals surface area (Å²) in [6.45, 7) is 1.05. The predicted molar refractivity (Wildman–Crippen MR) is 63.6 cm³/mol. The van der Waals surface area contributed by atoms with Crippen LogP contribution < -0.4 is 0 Å². The van der Waals surface area contributed by atoms with Gasteiger partial charge in [-0.25, -0.2) is 0 Å². The van der Waals surface area contributed by atoms with Gasteiger partial charge in [0, 0.05) is 6.07 Å². The van der Waals surface area contributed by atoms with Crippen LogP contribution in [0.3, 0.4) is 0 Å². The molecule has 0 aliphatic heterocycles. The molecule has 0 spiro atoms. The van der Waals surface area contributed by atoms with Crippen LogP contribution in [0, 0.1) is 16.0 Å². The molecule has 0 amide bonds. The fourth-order valence-electron chi connectivity index (χ4n) is 1.57. The minimum Gasteiger partial charge on any atom is -0.468 e. The van der Waals surface area contributed by atoms with Crippen molar-refractivity contribution >= 4 is 23.2 Å². The molecular weight excluding hydrogens is 254 g/mol. The third kappa shape index (κ3) is 3.01. The Morgan fingerprint density at radius 1 is 1.26 bits per heavy atom. The van der Waals surface area contributed by atoms with Gasteiger partial charge in [-0.3, -0.25) is 24.5 Å². The summed E-state index contributed by atoms with van der Waals surface area (Å²) in [5.74, 6) is -4.37. The summed E-state index contributed by atoms with van der Waals surface area (Å²) in [5.41, 5.74) is -0.749. The number of nitro groups is 1. The number of ether oxygens (including phenoxy) is 1. The number of benzene rings is 1. The number of carbonyl (C=O) groups excluding carboxylic acids is 3. The molecule has 0 fully saturated rings. The van der Waals surface area contributed by atoms with Crippen LogP contribution in [0.15, 0.2) is 24.3 Å². The van der Waals surface area contributed by atoms with Gasteiger partial charge < -0.3 is 4.74 Å². The SMILES string of the molecule is COC(=O)[C@H](C(C)=O)C(=O)c1ccccc1[N+](=O)[O-]. The van der Waals surface area contributed by atoms with Crippen molar-refractivity contribution in [3.8, 4) is 0 Å². The molecule has 0 heterocycles. The smallest absolute Gasteiger partial charge is 0.324 e. The lowest BCUT2D eigenvalue weighted by atomic mass is 9.93. The van der Waals surface area contributed by atoms with Crippen molar-refractivity contribution in [3.05, 3.63) is 39.9 Å². The molecule has 1 rings (SSSR count). The number of nitro benzene ring substituents is 1. The molecule has 1 aromatic carbocycles. The van der Waals surface area contributed by atoms with Crippen LogP contribution in [-0.2, 0) is 14.3 Å². The molecule has 19 heavy (non-hydrogen) atoms. The summed E-state index contributed by atoms with van der Waals surface area (Å²) in [7, 11) is 1.03. The zero-order valence-electron chi connectivity index (χ0n) is 10.3. The Kier molecular flexibility index (Phi) is 4.46. The quantitative estimate of drug-likeness (QED) is 0.260. The van der Waals surface area contributed by atoms with Crippen LogP contribution in [-0.4, -0.2) is 29.6 Å². The Hall–Kier alpha value is -2.57. The lowest BCUT2D eigenvalue weighted by molar-refractivity contribution is -0.385. The van der Waals surface area contributed by atoms with Gasteiger partial charge in [-0.1, -0.05) is 12.1 Å². The second-order valence-electron chi connectivity index (χ2n) is 3.71. The first-order chi connectivity index (χ1) is 8.90. The summed E-state index contributed by atoms with van der Waals surface area (Å²) in [6.07, 6.45) is 0. The van der Waals surface area contributed by atoms with Crippen molar-refractivity contribution < 1.29 is 24.0 Å². The third-order valence-electron chi connectivity index (χ3n) is 2.47. The average Bonchev–Trinajstić information content (AvgIpc) is 2.38. The molecule has 0 saturated carbocycles.